The predicted molar refractivity (Wildman–Crippen MR) is 86.6 cm³/mol. The molecule has 4 N–H and O–H groups in total. The fraction of sp³-hybridized carbons (Fsp3) is 0.412. The molecule has 0 aliphatic heterocycles. The van der Waals surface area contributed by atoms with Crippen LogP contribution >= 0.6 is 0 Å². The Labute approximate surface area is 125 Å². The second-order valence-corrected chi connectivity index (χ2v) is 5.34. The van der Waals surface area contributed by atoms with Gasteiger partial charge in [-0.1, -0.05) is 18.2 Å². The van der Waals surface area contributed by atoms with Crippen LogP contribution in [0, 0.1) is 0 Å². The highest BCUT2D eigenvalue weighted by Gasteiger charge is 2.13. The van der Waals surface area contributed by atoms with Gasteiger partial charge in [0, 0.05) is 25.2 Å². The number of nitrogens with one attached hydrogen (secondary N) is 1. The van der Waals surface area contributed by atoms with Gasteiger partial charge in [0.1, 0.15) is 5.75 Å². The molecule has 0 saturated heterocycles. The highest BCUT2D eigenvalue weighted by atomic mass is 16.5. The Bertz CT molecular complexity index is 586. The molecule has 4 heteroatoms. The fourth-order valence-electron chi connectivity index (χ4n) is 2.51. The third-order valence-electron chi connectivity index (χ3n) is 3.76. The normalized spacial score (nSPS) is 14.1. The standard InChI is InChI=1S/C17H24N2O2/c1-12(7-8-20)19-17(11-18)15-4-3-14-10-16(21-2)6-5-13(14)9-15/h3-6,9-10,12,17,19-20H,7-8,11,18H2,1-2H3. The third-order valence-corrected chi connectivity index (χ3v) is 3.76. The fourth-order valence-corrected chi connectivity index (χ4v) is 2.51. The summed E-state index contributed by atoms with van der Waals surface area (Å²) in [5.41, 5.74) is 7.06. The maximum atomic E-state index is 9.00. The lowest BCUT2D eigenvalue weighted by Gasteiger charge is -2.22. The van der Waals surface area contributed by atoms with Gasteiger partial charge < -0.3 is 20.9 Å². The molecule has 0 bridgehead atoms. The highest BCUT2D eigenvalue weighted by molar-refractivity contribution is 5.84. The second-order valence-electron chi connectivity index (χ2n) is 5.34. The van der Waals surface area contributed by atoms with Crippen LogP contribution in [0.5, 0.6) is 5.75 Å². The molecule has 21 heavy (non-hydrogen) atoms. The third kappa shape index (κ3) is 3.94. The zero-order chi connectivity index (χ0) is 15.2. The number of benzene rings is 2. The predicted octanol–water partition coefficient (Wildman–Crippen LogP) is 2.21. The van der Waals surface area contributed by atoms with E-state index in [0.717, 1.165) is 17.6 Å². The van der Waals surface area contributed by atoms with Crippen molar-refractivity contribution in [2.45, 2.75) is 25.4 Å². The van der Waals surface area contributed by atoms with Gasteiger partial charge in [-0.3, -0.25) is 0 Å². The van der Waals surface area contributed by atoms with Crippen molar-refractivity contribution in [3.8, 4) is 5.75 Å². The maximum absolute atomic E-state index is 9.00. The Balaban J connectivity index is 2.23. The smallest absolute Gasteiger partial charge is 0.119 e. The molecule has 4 nitrogen and oxygen atoms in total. The number of ether oxygens (including phenoxy) is 1. The van der Waals surface area contributed by atoms with E-state index in [-0.39, 0.29) is 18.7 Å². The lowest BCUT2D eigenvalue weighted by Crippen LogP contribution is -2.35. The first kappa shape index (κ1) is 15.8. The van der Waals surface area contributed by atoms with Crippen molar-refractivity contribution >= 4 is 10.8 Å². The lowest BCUT2D eigenvalue weighted by atomic mass is 10.0. The Morgan fingerprint density at radius 1 is 1.19 bits per heavy atom. The Kier molecular flexibility index (Phi) is 5.56. The molecule has 0 fully saturated rings. The van der Waals surface area contributed by atoms with Crippen molar-refractivity contribution in [3.63, 3.8) is 0 Å². The van der Waals surface area contributed by atoms with Gasteiger partial charge in [-0.25, -0.2) is 0 Å². The number of nitrogens with two attached hydrogens (primary N) is 1. The number of methoxy groups -OCH3 is 1. The molecule has 2 unspecified atom stereocenters. The average Bonchev–Trinajstić information content (AvgIpc) is 2.51. The first-order valence-corrected chi connectivity index (χ1v) is 7.32. The summed E-state index contributed by atoms with van der Waals surface area (Å²) in [5.74, 6) is 0.861. The van der Waals surface area contributed by atoms with E-state index in [9.17, 15) is 0 Å². The first-order chi connectivity index (χ1) is 10.2. The van der Waals surface area contributed by atoms with Gasteiger partial charge in [0.05, 0.1) is 7.11 Å². The molecule has 2 aromatic carbocycles. The van der Waals surface area contributed by atoms with E-state index >= 15 is 0 Å². The molecule has 2 rings (SSSR count). The molecule has 0 aliphatic rings. The van der Waals surface area contributed by atoms with Crippen molar-refractivity contribution in [2.24, 2.45) is 5.73 Å². The van der Waals surface area contributed by atoms with Gasteiger partial charge in [-0.15, -0.1) is 0 Å². The molecule has 114 valence electrons. The van der Waals surface area contributed by atoms with E-state index < -0.39 is 0 Å². The van der Waals surface area contributed by atoms with Gasteiger partial charge in [-0.2, -0.15) is 0 Å². The van der Waals surface area contributed by atoms with Gasteiger partial charge in [0.15, 0.2) is 0 Å². The number of hydrogen-bond acceptors (Lipinski definition) is 4. The number of aliphatic hydroxyl groups excluding tert-OH is 1. The lowest BCUT2D eigenvalue weighted by molar-refractivity contribution is 0.263. The topological polar surface area (TPSA) is 67.5 Å². The quantitative estimate of drug-likeness (QED) is 0.731. The monoisotopic (exact) mass is 288 g/mol. The molecule has 0 amide bonds. The van der Waals surface area contributed by atoms with Crippen LogP contribution in [0.15, 0.2) is 36.4 Å². The van der Waals surface area contributed by atoms with Gasteiger partial charge in [0.2, 0.25) is 0 Å². The van der Waals surface area contributed by atoms with Crippen molar-refractivity contribution in [3.05, 3.63) is 42.0 Å². The zero-order valence-electron chi connectivity index (χ0n) is 12.7. The number of aliphatic hydroxyl groups is 1. The van der Waals surface area contributed by atoms with E-state index in [1.54, 1.807) is 7.11 Å². The van der Waals surface area contributed by atoms with E-state index in [1.807, 2.05) is 12.1 Å². The Morgan fingerprint density at radius 3 is 2.57 bits per heavy atom. The minimum Gasteiger partial charge on any atom is -0.497 e. The first-order valence-electron chi connectivity index (χ1n) is 7.32. The number of fused-ring (bicyclic) bond motifs is 1. The number of rotatable bonds is 7. The summed E-state index contributed by atoms with van der Waals surface area (Å²) in [6.45, 7) is 2.77. The van der Waals surface area contributed by atoms with E-state index in [4.69, 9.17) is 15.6 Å². The molecule has 0 aromatic heterocycles. The highest BCUT2D eigenvalue weighted by Crippen LogP contribution is 2.24. The summed E-state index contributed by atoms with van der Waals surface area (Å²) in [6.07, 6.45) is 0.723. The summed E-state index contributed by atoms with van der Waals surface area (Å²) < 4.78 is 5.24. The minimum absolute atomic E-state index is 0.0954. The molecule has 0 spiro atoms. The zero-order valence-corrected chi connectivity index (χ0v) is 12.7. The van der Waals surface area contributed by atoms with Crippen molar-refractivity contribution < 1.29 is 9.84 Å². The van der Waals surface area contributed by atoms with E-state index in [1.165, 1.54) is 10.9 Å². The molecule has 0 radical (unpaired) electrons. The largest absolute Gasteiger partial charge is 0.497 e. The molecule has 0 saturated carbocycles. The van der Waals surface area contributed by atoms with Gasteiger partial charge in [0.25, 0.3) is 0 Å². The maximum Gasteiger partial charge on any atom is 0.119 e. The van der Waals surface area contributed by atoms with Crippen LogP contribution in [0.3, 0.4) is 0 Å². The summed E-state index contributed by atoms with van der Waals surface area (Å²) in [6, 6.07) is 12.7. The minimum atomic E-state index is 0.0954. The van der Waals surface area contributed by atoms with Gasteiger partial charge in [-0.05, 0) is 47.9 Å². The number of hydrogen-bond donors (Lipinski definition) is 3. The van der Waals surface area contributed by atoms with Crippen LogP contribution in [-0.4, -0.2) is 31.4 Å². The van der Waals surface area contributed by atoms with E-state index in [0.29, 0.717) is 6.54 Å². The van der Waals surface area contributed by atoms with Crippen molar-refractivity contribution in [1.82, 2.24) is 5.32 Å². The van der Waals surface area contributed by atoms with Crippen LogP contribution in [-0.2, 0) is 0 Å². The summed E-state index contributed by atoms with van der Waals surface area (Å²) in [5, 5.41) is 14.8. The summed E-state index contributed by atoms with van der Waals surface area (Å²) >= 11 is 0. The second kappa shape index (κ2) is 7.41. The molecule has 2 aromatic rings. The Morgan fingerprint density at radius 2 is 1.90 bits per heavy atom. The molecule has 0 aliphatic carbocycles. The van der Waals surface area contributed by atoms with Crippen molar-refractivity contribution in [1.29, 1.82) is 0 Å². The van der Waals surface area contributed by atoms with Crippen LogP contribution in [0.4, 0.5) is 0 Å². The van der Waals surface area contributed by atoms with Gasteiger partial charge >= 0.3 is 0 Å². The molecule has 0 heterocycles. The molecular weight excluding hydrogens is 264 g/mol. The van der Waals surface area contributed by atoms with Crippen LogP contribution in [0.1, 0.15) is 24.9 Å². The molecule has 2 atom stereocenters. The SMILES string of the molecule is COc1ccc2cc(C(CN)NC(C)CCO)ccc2c1. The van der Waals surface area contributed by atoms with Crippen LogP contribution < -0.4 is 15.8 Å². The average molecular weight is 288 g/mol. The summed E-state index contributed by atoms with van der Waals surface area (Å²) in [4.78, 5) is 0. The van der Waals surface area contributed by atoms with Crippen molar-refractivity contribution in [2.75, 3.05) is 20.3 Å². The van der Waals surface area contributed by atoms with E-state index in [2.05, 4.69) is 36.5 Å². The summed E-state index contributed by atoms with van der Waals surface area (Å²) in [7, 11) is 1.67. The van der Waals surface area contributed by atoms with Crippen LogP contribution in [0.25, 0.3) is 10.8 Å². The van der Waals surface area contributed by atoms with Crippen LogP contribution in [0.2, 0.25) is 0 Å². The Hall–Kier alpha value is -1.62. The molecular formula is C17H24N2O2.